The molecule has 0 fully saturated rings. The Balaban J connectivity index is 1.96. The van der Waals surface area contributed by atoms with Crippen molar-refractivity contribution in [2.45, 2.75) is 25.4 Å². The molecule has 2 atom stereocenters. The lowest BCUT2D eigenvalue weighted by molar-refractivity contribution is 0.139. The second-order valence-corrected chi connectivity index (χ2v) is 7.70. The molecule has 1 aromatic heterocycles. The van der Waals surface area contributed by atoms with Crippen LogP contribution < -0.4 is 5.73 Å². The molecule has 1 aliphatic rings. The van der Waals surface area contributed by atoms with Crippen LogP contribution >= 0.6 is 38.9 Å². The molecule has 0 radical (unpaired) electrons. The van der Waals surface area contributed by atoms with Gasteiger partial charge in [-0.3, -0.25) is 4.90 Å². The highest BCUT2D eigenvalue weighted by Crippen LogP contribution is 2.39. The number of nitrogens with two attached hydrogens (primary N) is 1. The van der Waals surface area contributed by atoms with E-state index >= 15 is 0 Å². The highest BCUT2D eigenvalue weighted by atomic mass is 79.9. The van der Waals surface area contributed by atoms with Crippen molar-refractivity contribution in [3.8, 4) is 0 Å². The van der Waals surface area contributed by atoms with E-state index in [0.29, 0.717) is 12.6 Å². The van der Waals surface area contributed by atoms with Gasteiger partial charge in [-0.15, -0.1) is 11.3 Å². The molecule has 2 unspecified atom stereocenters. The van der Waals surface area contributed by atoms with Crippen molar-refractivity contribution in [3.63, 3.8) is 0 Å². The molecule has 1 aromatic carbocycles. The first-order valence-electron chi connectivity index (χ1n) is 7.09. The van der Waals surface area contributed by atoms with Crippen molar-refractivity contribution in [2.75, 3.05) is 13.1 Å². The van der Waals surface area contributed by atoms with Crippen molar-refractivity contribution >= 4 is 38.9 Å². The quantitative estimate of drug-likeness (QED) is 0.823. The van der Waals surface area contributed by atoms with E-state index in [-0.39, 0.29) is 6.04 Å². The van der Waals surface area contributed by atoms with E-state index in [9.17, 15) is 0 Å². The first-order chi connectivity index (χ1) is 10.1. The van der Waals surface area contributed by atoms with Gasteiger partial charge in [0, 0.05) is 39.5 Å². The second-order valence-electron chi connectivity index (χ2n) is 5.38. The summed E-state index contributed by atoms with van der Waals surface area (Å²) < 4.78 is 1.04. The molecular formula is C16H18BrClN2S. The molecule has 0 aliphatic carbocycles. The summed E-state index contributed by atoms with van der Waals surface area (Å²) in [4.78, 5) is 3.98. The molecule has 2 N–H and O–H groups in total. The molecule has 2 aromatic rings. The molecule has 0 bridgehead atoms. The summed E-state index contributed by atoms with van der Waals surface area (Å²) in [6.07, 6.45) is 1.10. The zero-order chi connectivity index (χ0) is 15.0. The Morgan fingerprint density at radius 2 is 2.29 bits per heavy atom. The van der Waals surface area contributed by atoms with Crippen LogP contribution in [0.25, 0.3) is 0 Å². The SMILES string of the molecule is CC1c2ccsc2CCN1C(CN)c1cc(Br)ccc1Cl. The topological polar surface area (TPSA) is 29.3 Å². The normalized spacial score (nSPS) is 20.3. The third-order valence-corrected chi connectivity index (χ3v) is 6.10. The Morgan fingerprint density at radius 3 is 3.05 bits per heavy atom. The lowest BCUT2D eigenvalue weighted by Crippen LogP contribution is -2.39. The number of rotatable bonds is 3. The molecule has 5 heteroatoms. The average Bonchev–Trinajstić information content (AvgIpc) is 2.95. The minimum atomic E-state index is 0.151. The fourth-order valence-electron chi connectivity index (χ4n) is 3.17. The van der Waals surface area contributed by atoms with Crippen LogP contribution in [0.15, 0.2) is 34.1 Å². The first kappa shape index (κ1) is 15.5. The van der Waals surface area contributed by atoms with Gasteiger partial charge in [-0.1, -0.05) is 27.5 Å². The summed E-state index contributed by atoms with van der Waals surface area (Å²) in [7, 11) is 0. The molecule has 21 heavy (non-hydrogen) atoms. The summed E-state index contributed by atoms with van der Waals surface area (Å²) in [5, 5.41) is 2.98. The number of hydrogen-bond acceptors (Lipinski definition) is 3. The molecule has 0 saturated heterocycles. The predicted molar refractivity (Wildman–Crippen MR) is 94.1 cm³/mol. The van der Waals surface area contributed by atoms with Gasteiger partial charge in [-0.25, -0.2) is 0 Å². The highest BCUT2D eigenvalue weighted by molar-refractivity contribution is 9.10. The lowest BCUT2D eigenvalue weighted by Gasteiger charge is -2.39. The molecule has 0 spiro atoms. The number of nitrogens with zero attached hydrogens (tertiary/aromatic N) is 1. The van der Waals surface area contributed by atoms with Crippen LogP contribution in [-0.4, -0.2) is 18.0 Å². The van der Waals surface area contributed by atoms with Gasteiger partial charge >= 0.3 is 0 Å². The van der Waals surface area contributed by atoms with Gasteiger partial charge in [0.15, 0.2) is 0 Å². The van der Waals surface area contributed by atoms with Gasteiger partial charge in [-0.2, -0.15) is 0 Å². The third kappa shape index (κ3) is 2.92. The molecule has 1 aliphatic heterocycles. The minimum Gasteiger partial charge on any atom is -0.329 e. The van der Waals surface area contributed by atoms with E-state index in [0.717, 1.165) is 28.0 Å². The van der Waals surface area contributed by atoms with Crippen LogP contribution in [0.1, 0.15) is 35.0 Å². The number of halogens is 2. The Kier molecular flexibility index (Phi) is 4.71. The van der Waals surface area contributed by atoms with Crippen molar-refractivity contribution in [2.24, 2.45) is 5.73 Å². The van der Waals surface area contributed by atoms with Gasteiger partial charge in [0.05, 0.1) is 0 Å². The summed E-state index contributed by atoms with van der Waals surface area (Å²) >= 11 is 11.8. The predicted octanol–water partition coefficient (Wildman–Crippen LogP) is 4.78. The van der Waals surface area contributed by atoms with Gasteiger partial charge in [0.1, 0.15) is 0 Å². The molecule has 2 nitrogen and oxygen atoms in total. The van der Waals surface area contributed by atoms with Gasteiger partial charge in [0.25, 0.3) is 0 Å². The molecule has 3 rings (SSSR count). The fraction of sp³-hybridized carbons (Fsp3) is 0.375. The second kappa shape index (κ2) is 6.39. The monoisotopic (exact) mass is 384 g/mol. The van der Waals surface area contributed by atoms with Crippen LogP contribution in [0.3, 0.4) is 0 Å². The van der Waals surface area contributed by atoms with E-state index < -0.39 is 0 Å². The number of fused-ring (bicyclic) bond motifs is 1. The maximum absolute atomic E-state index is 6.41. The summed E-state index contributed by atoms with van der Waals surface area (Å²) in [6, 6.07) is 8.77. The molecular weight excluding hydrogens is 368 g/mol. The van der Waals surface area contributed by atoms with Crippen LogP contribution in [-0.2, 0) is 6.42 Å². The van der Waals surface area contributed by atoms with Gasteiger partial charge in [0.2, 0.25) is 0 Å². The van der Waals surface area contributed by atoms with Gasteiger partial charge in [-0.05, 0) is 54.1 Å². The van der Waals surface area contributed by atoms with E-state index in [2.05, 4.69) is 45.3 Å². The van der Waals surface area contributed by atoms with Crippen LogP contribution in [0, 0.1) is 0 Å². The Hall–Kier alpha value is -0.390. The van der Waals surface area contributed by atoms with E-state index in [1.54, 1.807) is 0 Å². The zero-order valence-corrected chi connectivity index (χ0v) is 15.0. The maximum Gasteiger partial charge on any atom is 0.0491 e. The first-order valence-corrected chi connectivity index (χ1v) is 9.14. The van der Waals surface area contributed by atoms with Crippen molar-refractivity contribution in [3.05, 3.63) is 55.1 Å². The van der Waals surface area contributed by atoms with E-state index in [1.807, 2.05) is 23.5 Å². The largest absolute Gasteiger partial charge is 0.329 e. The van der Waals surface area contributed by atoms with Crippen molar-refractivity contribution in [1.29, 1.82) is 0 Å². The maximum atomic E-state index is 6.41. The molecule has 2 heterocycles. The highest BCUT2D eigenvalue weighted by Gasteiger charge is 2.31. The summed E-state index contributed by atoms with van der Waals surface area (Å²) in [5.74, 6) is 0. The van der Waals surface area contributed by atoms with E-state index in [4.69, 9.17) is 17.3 Å². The minimum absolute atomic E-state index is 0.151. The van der Waals surface area contributed by atoms with Crippen LogP contribution in [0.2, 0.25) is 5.02 Å². The molecule has 0 saturated carbocycles. The average molecular weight is 386 g/mol. The van der Waals surface area contributed by atoms with Crippen molar-refractivity contribution in [1.82, 2.24) is 4.90 Å². The number of benzene rings is 1. The standard InChI is InChI=1S/C16H18BrClN2S/c1-10-12-5-7-21-16(12)4-6-20(10)15(9-19)13-8-11(17)2-3-14(13)18/h2-3,5,7-8,10,15H,4,6,9,19H2,1H3. The van der Waals surface area contributed by atoms with Gasteiger partial charge < -0.3 is 5.73 Å². The van der Waals surface area contributed by atoms with Crippen molar-refractivity contribution < 1.29 is 0 Å². The smallest absolute Gasteiger partial charge is 0.0491 e. The number of hydrogen-bond donors (Lipinski definition) is 1. The third-order valence-electron chi connectivity index (χ3n) is 4.27. The molecule has 112 valence electrons. The Labute approximate surface area is 143 Å². The van der Waals surface area contributed by atoms with E-state index in [1.165, 1.54) is 10.4 Å². The zero-order valence-electron chi connectivity index (χ0n) is 11.9. The fourth-order valence-corrected chi connectivity index (χ4v) is 4.75. The lowest BCUT2D eigenvalue weighted by atomic mass is 9.96. The number of thiophene rings is 1. The van der Waals surface area contributed by atoms with Crippen LogP contribution in [0.5, 0.6) is 0 Å². The Morgan fingerprint density at radius 1 is 1.48 bits per heavy atom. The Bertz CT molecular complexity index is 643. The molecule has 0 amide bonds. The summed E-state index contributed by atoms with van der Waals surface area (Å²) in [6.45, 7) is 3.86. The van der Waals surface area contributed by atoms with Crippen LogP contribution in [0.4, 0.5) is 0 Å². The summed E-state index contributed by atoms with van der Waals surface area (Å²) in [5.41, 5.74) is 8.65.